The Kier molecular flexibility index (Phi) is 5.26. The minimum absolute atomic E-state index is 0.0518. The normalized spacial score (nSPS) is 22.6. The fraction of sp³-hybridized carbons (Fsp3) is 0.474. The van der Waals surface area contributed by atoms with Gasteiger partial charge >= 0.3 is 6.03 Å². The standard InChI is InChI=1S/C19H25N3O3/c1-13(2)12-25-17-8-4-6-15(9-17)21-19(24)22-10-14-5-3-7-16(11-22)20-18(14)23/h4,6,8-9,14,16H,1,3,5,7,10-12H2,2H3,(H,20,23)(H,21,24). The molecular formula is C19H25N3O3. The second kappa shape index (κ2) is 7.59. The molecule has 0 radical (unpaired) electrons. The maximum atomic E-state index is 12.7. The predicted molar refractivity (Wildman–Crippen MR) is 96.6 cm³/mol. The van der Waals surface area contributed by atoms with E-state index in [9.17, 15) is 9.59 Å². The molecule has 3 rings (SSSR count). The number of urea groups is 1. The van der Waals surface area contributed by atoms with Gasteiger partial charge in [0.15, 0.2) is 0 Å². The Balaban J connectivity index is 1.65. The van der Waals surface area contributed by atoms with E-state index in [4.69, 9.17) is 4.74 Å². The van der Waals surface area contributed by atoms with E-state index in [1.165, 1.54) is 0 Å². The lowest BCUT2D eigenvalue weighted by atomic mass is 9.99. The van der Waals surface area contributed by atoms with Gasteiger partial charge in [0.1, 0.15) is 12.4 Å². The van der Waals surface area contributed by atoms with Gasteiger partial charge in [-0.2, -0.15) is 0 Å². The minimum atomic E-state index is -0.176. The van der Waals surface area contributed by atoms with Gasteiger partial charge in [0.25, 0.3) is 0 Å². The second-order valence-corrected chi connectivity index (χ2v) is 6.94. The summed E-state index contributed by atoms with van der Waals surface area (Å²) in [5.74, 6) is 0.654. The Hall–Kier alpha value is -2.50. The quantitative estimate of drug-likeness (QED) is 0.826. The van der Waals surface area contributed by atoms with Crippen molar-refractivity contribution in [3.63, 3.8) is 0 Å². The number of anilines is 1. The molecule has 1 aromatic rings. The number of nitrogens with zero attached hydrogens (tertiary/aromatic N) is 1. The molecule has 2 unspecified atom stereocenters. The van der Waals surface area contributed by atoms with Crippen LogP contribution in [-0.4, -0.2) is 42.6 Å². The molecule has 6 heteroatoms. The fourth-order valence-corrected chi connectivity index (χ4v) is 3.29. The zero-order valence-electron chi connectivity index (χ0n) is 14.6. The Bertz CT molecular complexity index is 674. The molecule has 1 aromatic carbocycles. The highest BCUT2D eigenvalue weighted by Crippen LogP contribution is 2.23. The van der Waals surface area contributed by atoms with Crippen LogP contribution in [0.15, 0.2) is 36.4 Å². The predicted octanol–water partition coefficient (Wildman–Crippen LogP) is 2.77. The first-order valence-electron chi connectivity index (χ1n) is 8.75. The van der Waals surface area contributed by atoms with E-state index in [2.05, 4.69) is 17.2 Å². The van der Waals surface area contributed by atoms with Crippen LogP contribution in [0.25, 0.3) is 0 Å². The average molecular weight is 343 g/mol. The monoisotopic (exact) mass is 343 g/mol. The Morgan fingerprint density at radius 3 is 3.04 bits per heavy atom. The molecule has 0 aromatic heterocycles. The highest BCUT2D eigenvalue weighted by molar-refractivity contribution is 5.90. The summed E-state index contributed by atoms with van der Waals surface area (Å²) in [6, 6.07) is 7.18. The van der Waals surface area contributed by atoms with Crippen molar-refractivity contribution in [2.75, 3.05) is 25.0 Å². The summed E-state index contributed by atoms with van der Waals surface area (Å²) < 4.78 is 5.61. The molecule has 2 fully saturated rings. The number of nitrogens with one attached hydrogen (secondary N) is 2. The Morgan fingerprint density at radius 2 is 2.24 bits per heavy atom. The van der Waals surface area contributed by atoms with Crippen molar-refractivity contribution in [3.05, 3.63) is 36.4 Å². The number of carbonyl (C=O) groups is 2. The highest BCUT2D eigenvalue weighted by atomic mass is 16.5. The van der Waals surface area contributed by atoms with Crippen LogP contribution in [0.2, 0.25) is 0 Å². The number of fused-ring (bicyclic) bond motifs is 3. The molecule has 0 spiro atoms. The van der Waals surface area contributed by atoms with Gasteiger partial charge < -0.3 is 20.3 Å². The molecular weight excluding hydrogens is 318 g/mol. The first kappa shape index (κ1) is 17.3. The van der Waals surface area contributed by atoms with Crippen LogP contribution < -0.4 is 15.4 Å². The number of carbonyl (C=O) groups excluding carboxylic acids is 2. The van der Waals surface area contributed by atoms with E-state index in [1.54, 1.807) is 11.0 Å². The lowest BCUT2D eigenvalue weighted by Gasteiger charge is -2.27. The third-order valence-electron chi connectivity index (χ3n) is 4.56. The van der Waals surface area contributed by atoms with Gasteiger partial charge in [0.2, 0.25) is 5.91 Å². The molecule has 2 aliphatic rings. The summed E-state index contributed by atoms with van der Waals surface area (Å²) >= 11 is 0. The largest absolute Gasteiger partial charge is 0.489 e. The molecule has 2 aliphatic heterocycles. The van der Waals surface area contributed by atoms with Crippen molar-refractivity contribution in [1.82, 2.24) is 10.2 Å². The Morgan fingerprint density at radius 1 is 1.40 bits per heavy atom. The van der Waals surface area contributed by atoms with E-state index in [1.807, 2.05) is 25.1 Å². The zero-order valence-corrected chi connectivity index (χ0v) is 14.6. The van der Waals surface area contributed by atoms with Crippen molar-refractivity contribution < 1.29 is 14.3 Å². The summed E-state index contributed by atoms with van der Waals surface area (Å²) in [7, 11) is 0. The van der Waals surface area contributed by atoms with Crippen LogP contribution in [0, 0.1) is 5.92 Å². The fourth-order valence-electron chi connectivity index (χ4n) is 3.29. The number of benzene rings is 1. The molecule has 6 nitrogen and oxygen atoms in total. The van der Waals surface area contributed by atoms with Crippen LogP contribution in [0.5, 0.6) is 5.75 Å². The van der Waals surface area contributed by atoms with E-state index in [0.29, 0.717) is 31.1 Å². The molecule has 134 valence electrons. The van der Waals surface area contributed by atoms with Crippen molar-refractivity contribution in [3.8, 4) is 5.75 Å². The van der Waals surface area contributed by atoms with Crippen molar-refractivity contribution in [2.24, 2.45) is 5.92 Å². The van der Waals surface area contributed by atoms with Crippen molar-refractivity contribution >= 4 is 17.6 Å². The van der Waals surface area contributed by atoms with Gasteiger partial charge in [-0.3, -0.25) is 4.79 Å². The summed E-state index contributed by atoms with van der Waals surface area (Å²) in [5, 5.41) is 5.95. The van der Waals surface area contributed by atoms with E-state index < -0.39 is 0 Å². The SMILES string of the molecule is C=C(C)COc1cccc(NC(=O)N2CC3CCCC(C2)C(=O)N3)c1. The molecule has 2 heterocycles. The van der Waals surface area contributed by atoms with E-state index >= 15 is 0 Å². The zero-order chi connectivity index (χ0) is 17.8. The van der Waals surface area contributed by atoms with Crippen LogP contribution in [-0.2, 0) is 4.79 Å². The highest BCUT2D eigenvalue weighted by Gasteiger charge is 2.34. The Labute approximate surface area is 148 Å². The van der Waals surface area contributed by atoms with Gasteiger partial charge in [0.05, 0.1) is 5.92 Å². The first-order chi connectivity index (χ1) is 12.0. The second-order valence-electron chi connectivity index (χ2n) is 6.94. The molecule has 2 atom stereocenters. The number of ether oxygens (including phenoxy) is 1. The van der Waals surface area contributed by atoms with E-state index in [-0.39, 0.29) is 23.9 Å². The summed E-state index contributed by atoms with van der Waals surface area (Å²) in [6.45, 7) is 7.18. The minimum Gasteiger partial charge on any atom is -0.489 e. The van der Waals surface area contributed by atoms with E-state index in [0.717, 1.165) is 24.8 Å². The topological polar surface area (TPSA) is 70.7 Å². The summed E-state index contributed by atoms with van der Waals surface area (Å²) in [4.78, 5) is 26.5. The third-order valence-corrected chi connectivity index (χ3v) is 4.56. The molecule has 3 amide bonds. The lowest BCUT2D eigenvalue weighted by Crippen LogP contribution is -2.43. The number of rotatable bonds is 4. The number of hydrogen-bond acceptors (Lipinski definition) is 3. The van der Waals surface area contributed by atoms with Gasteiger partial charge in [-0.1, -0.05) is 19.1 Å². The molecule has 2 saturated heterocycles. The first-order valence-corrected chi connectivity index (χ1v) is 8.75. The molecule has 2 N–H and O–H groups in total. The molecule has 25 heavy (non-hydrogen) atoms. The van der Waals surface area contributed by atoms with Crippen LogP contribution >= 0.6 is 0 Å². The molecule has 0 saturated carbocycles. The lowest BCUT2D eigenvalue weighted by molar-refractivity contribution is -0.124. The van der Waals surface area contributed by atoms with Gasteiger partial charge in [-0.25, -0.2) is 4.79 Å². The average Bonchev–Trinajstić information content (AvgIpc) is 2.81. The van der Waals surface area contributed by atoms with Crippen molar-refractivity contribution in [2.45, 2.75) is 32.2 Å². The molecule has 2 bridgehead atoms. The van der Waals surface area contributed by atoms with Gasteiger partial charge in [-0.05, 0) is 37.5 Å². The van der Waals surface area contributed by atoms with Crippen LogP contribution in [0.1, 0.15) is 26.2 Å². The third kappa shape index (κ3) is 4.53. The van der Waals surface area contributed by atoms with Crippen LogP contribution in [0.4, 0.5) is 10.5 Å². The maximum absolute atomic E-state index is 12.7. The van der Waals surface area contributed by atoms with Crippen molar-refractivity contribution in [1.29, 1.82) is 0 Å². The van der Waals surface area contributed by atoms with Crippen LogP contribution in [0.3, 0.4) is 0 Å². The summed E-state index contributed by atoms with van der Waals surface area (Å²) in [5.41, 5.74) is 1.61. The summed E-state index contributed by atoms with van der Waals surface area (Å²) in [6.07, 6.45) is 2.80. The molecule has 0 aliphatic carbocycles. The maximum Gasteiger partial charge on any atom is 0.321 e. The number of likely N-dealkylation sites (tertiary alicyclic amines) is 1. The number of hydrogen-bond donors (Lipinski definition) is 2. The number of amides is 3. The smallest absolute Gasteiger partial charge is 0.321 e. The van der Waals surface area contributed by atoms with Gasteiger partial charge in [0, 0.05) is 30.9 Å². The van der Waals surface area contributed by atoms with Gasteiger partial charge in [-0.15, -0.1) is 0 Å².